The normalized spacial score (nSPS) is 12.1. The first kappa shape index (κ1) is 22.2. The minimum Gasteiger partial charge on any atom is -0.454 e. The highest BCUT2D eigenvalue weighted by Crippen LogP contribution is 2.37. The number of benzene rings is 3. The predicted octanol–water partition coefficient (Wildman–Crippen LogP) is 5.93. The van der Waals surface area contributed by atoms with E-state index in [0.29, 0.717) is 33.7 Å². The molecule has 34 heavy (non-hydrogen) atoms. The van der Waals surface area contributed by atoms with Crippen LogP contribution in [0.5, 0.6) is 11.5 Å². The number of thioether (sulfide) groups is 1. The molecular weight excluding hydrogens is 484 g/mol. The van der Waals surface area contributed by atoms with Crippen molar-refractivity contribution in [2.24, 2.45) is 0 Å². The summed E-state index contributed by atoms with van der Waals surface area (Å²) in [6, 6.07) is 15.3. The second-order valence-corrected chi connectivity index (χ2v) is 8.64. The molecule has 1 amide bonds. The Balaban J connectivity index is 1.42. The number of imidazole rings is 1. The van der Waals surface area contributed by atoms with Crippen LogP contribution in [0.4, 0.5) is 14.5 Å². The molecule has 0 saturated carbocycles. The highest BCUT2D eigenvalue weighted by Gasteiger charge is 2.18. The molecule has 10 heteroatoms. The van der Waals surface area contributed by atoms with Crippen molar-refractivity contribution in [2.45, 2.75) is 5.16 Å². The third-order valence-electron chi connectivity index (χ3n) is 4.98. The van der Waals surface area contributed by atoms with E-state index in [4.69, 9.17) is 21.1 Å². The molecule has 0 radical (unpaired) electrons. The lowest BCUT2D eigenvalue weighted by molar-refractivity contribution is -0.113. The maximum Gasteiger partial charge on any atom is 0.234 e. The first-order valence-corrected chi connectivity index (χ1v) is 11.5. The molecule has 1 N–H and O–H groups in total. The third kappa shape index (κ3) is 4.71. The topological polar surface area (TPSA) is 65.4 Å². The number of ether oxygens (including phenoxy) is 2. The molecule has 3 aromatic carbocycles. The number of hydrogen-bond acceptors (Lipinski definition) is 5. The van der Waals surface area contributed by atoms with Gasteiger partial charge in [-0.1, -0.05) is 23.4 Å². The number of halogens is 3. The lowest BCUT2D eigenvalue weighted by Crippen LogP contribution is -2.14. The molecule has 0 unspecified atom stereocenters. The zero-order valence-corrected chi connectivity index (χ0v) is 19.0. The molecule has 0 saturated heterocycles. The van der Waals surface area contributed by atoms with Gasteiger partial charge in [-0.2, -0.15) is 0 Å². The summed E-state index contributed by atoms with van der Waals surface area (Å²) in [7, 11) is 0. The molecule has 1 aliphatic rings. The number of fused-ring (bicyclic) bond motifs is 1. The van der Waals surface area contributed by atoms with Crippen molar-refractivity contribution < 1.29 is 23.0 Å². The quantitative estimate of drug-likeness (QED) is 0.333. The Kier molecular flexibility index (Phi) is 6.12. The van der Waals surface area contributed by atoms with Gasteiger partial charge >= 0.3 is 0 Å². The summed E-state index contributed by atoms with van der Waals surface area (Å²) in [6.07, 6.45) is 1.78. The van der Waals surface area contributed by atoms with E-state index in [0.717, 1.165) is 5.56 Å². The van der Waals surface area contributed by atoms with Gasteiger partial charge in [-0.25, -0.2) is 13.8 Å². The van der Waals surface area contributed by atoms with E-state index in [1.165, 1.54) is 48.2 Å². The molecule has 172 valence electrons. The van der Waals surface area contributed by atoms with Crippen molar-refractivity contribution in [1.82, 2.24) is 9.55 Å². The van der Waals surface area contributed by atoms with E-state index in [1.54, 1.807) is 22.9 Å². The van der Waals surface area contributed by atoms with E-state index in [-0.39, 0.29) is 29.3 Å². The average molecular weight is 500 g/mol. The molecular formula is C24H16ClF2N3O3S. The highest BCUT2D eigenvalue weighted by atomic mass is 35.5. The second-order valence-electron chi connectivity index (χ2n) is 7.29. The van der Waals surface area contributed by atoms with Crippen LogP contribution >= 0.6 is 23.4 Å². The summed E-state index contributed by atoms with van der Waals surface area (Å²) in [5.41, 5.74) is 2.49. The van der Waals surface area contributed by atoms with Gasteiger partial charge in [0.05, 0.1) is 16.5 Å². The van der Waals surface area contributed by atoms with E-state index in [2.05, 4.69) is 10.3 Å². The van der Waals surface area contributed by atoms with Crippen LogP contribution in [0.1, 0.15) is 0 Å². The molecule has 0 spiro atoms. The number of carbonyl (C=O) groups excluding carboxylic acids is 1. The number of anilines is 1. The highest BCUT2D eigenvalue weighted by molar-refractivity contribution is 7.99. The molecule has 0 bridgehead atoms. The van der Waals surface area contributed by atoms with Crippen LogP contribution in [0, 0.1) is 11.6 Å². The van der Waals surface area contributed by atoms with Gasteiger partial charge in [0.2, 0.25) is 12.7 Å². The van der Waals surface area contributed by atoms with Gasteiger partial charge in [-0.3, -0.25) is 9.36 Å². The predicted molar refractivity (Wildman–Crippen MR) is 126 cm³/mol. The van der Waals surface area contributed by atoms with Gasteiger partial charge in [0.15, 0.2) is 16.7 Å². The summed E-state index contributed by atoms with van der Waals surface area (Å²) < 4.78 is 39.4. The first-order valence-electron chi connectivity index (χ1n) is 10.1. The molecule has 1 aromatic heterocycles. The van der Waals surface area contributed by atoms with Gasteiger partial charge in [0, 0.05) is 23.1 Å². The van der Waals surface area contributed by atoms with Gasteiger partial charge < -0.3 is 14.8 Å². The van der Waals surface area contributed by atoms with Crippen LogP contribution < -0.4 is 14.8 Å². The average Bonchev–Trinajstić information content (AvgIpc) is 3.47. The maximum atomic E-state index is 13.7. The molecule has 0 fully saturated rings. The fourth-order valence-corrected chi connectivity index (χ4v) is 4.31. The summed E-state index contributed by atoms with van der Waals surface area (Å²) in [6.45, 7) is 0.158. The van der Waals surface area contributed by atoms with E-state index in [1.807, 2.05) is 12.1 Å². The second kappa shape index (κ2) is 9.36. The number of aromatic nitrogens is 2. The van der Waals surface area contributed by atoms with Crippen molar-refractivity contribution in [1.29, 1.82) is 0 Å². The van der Waals surface area contributed by atoms with E-state index in [9.17, 15) is 13.6 Å². The Hall–Kier alpha value is -3.56. The first-order chi connectivity index (χ1) is 16.5. The van der Waals surface area contributed by atoms with Gasteiger partial charge in [0.25, 0.3) is 0 Å². The van der Waals surface area contributed by atoms with Gasteiger partial charge in [0.1, 0.15) is 11.6 Å². The lowest BCUT2D eigenvalue weighted by Gasteiger charge is -2.08. The van der Waals surface area contributed by atoms with Gasteiger partial charge in [-0.15, -0.1) is 0 Å². The fourth-order valence-electron chi connectivity index (χ4n) is 3.34. The number of rotatable bonds is 6. The van der Waals surface area contributed by atoms with Crippen LogP contribution in [0.3, 0.4) is 0 Å². The molecule has 2 heterocycles. The number of amides is 1. The van der Waals surface area contributed by atoms with Crippen LogP contribution in [0.15, 0.2) is 72.0 Å². The van der Waals surface area contributed by atoms with Crippen molar-refractivity contribution in [2.75, 3.05) is 17.9 Å². The minimum absolute atomic E-state index is 0.0270. The van der Waals surface area contributed by atoms with Crippen LogP contribution in [0.25, 0.3) is 16.9 Å². The molecule has 4 aromatic rings. The summed E-state index contributed by atoms with van der Waals surface area (Å²) >= 11 is 7.19. The number of nitrogens with one attached hydrogen (secondary N) is 1. The summed E-state index contributed by atoms with van der Waals surface area (Å²) in [4.78, 5) is 17.1. The number of nitrogens with zero attached hydrogens (tertiary/aromatic N) is 2. The maximum absolute atomic E-state index is 13.7. The fraction of sp³-hybridized carbons (Fsp3) is 0.0833. The molecule has 0 aliphatic carbocycles. The van der Waals surface area contributed by atoms with Crippen LogP contribution in [0.2, 0.25) is 5.02 Å². The van der Waals surface area contributed by atoms with E-state index < -0.39 is 5.82 Å². The van der Waals surface area contributed by atoms with Crippen LogP contribution in [-0.4, -0.2) is 28.0 Å². The Morgan fingerprint density at radius 2 is 1.85 bits per heavy atom. The molecule has 6 nitrogen and oxygen atoms in total. The Morgan fingerprint density at radius 1 is 1.06 bits per heavy atom. The zero-order valence-electron chi connectivity index (χ0n) is 17.4. The van der Waals surface area contributed by atoms with Gasteiger partial charge in [-0.05, 0) is 60.7 Å². The Morgan fingerprint density at radius 3 is 2.65 bits per heavy atom. The summed E-state index contributed by atoms with van der Waals surface area (Å²) in [5.74, 6) is 0.111. The molecule has 5 rings (SSSR count). The molecule has 0 atom stereocenters. The standard InChI is InChI=1S/C24H16ClF2N3O3S/c25-18-10-17(6-7-19(18)27)30-11-20(14-1-8-21-22(9-14)33-13-32-21)29-24(30)34-12-23(31)28-16-4-2-15(26)3-5-16/h1-11H,12-13H2,(H,28,31). The Labute approximate surface area is 202 Å². The lowest BCUT2D eigenvalue weighted by atomic mass is 10.1. The Bertz CT molecular complexity index is 1380. The summed E-state index contributed by atoms with van der Waals surface area (Å²) in [5, 5.41) is 3.19. The third-order valence-corrected chi connectivity index (χ3v) is 6.23. The van der Waals surface area contributed by atoms with Crippen molar-refractivity contribution in [3.63, 3.8) is 0 Å². The zero-order chi connectivity index (χ0) is 23.7. The van der Waals surface area contributed by atoms with Crippen molar-refractivity contribution in [3.8, 4) is 28.4 Å². The van der Waals surface area contributed by atoms with E-state index >= 15 is 0 Å². The smallest absolute Gasteiger partial charge is 0.234 e. The largest absolute Gasteiger partial charge is 0.454 e. The SMILES string of the molecule is O=C(CSc1nc(-c2ccc3c(c2)OCO3)cn1-c1ccc(F)c(Cl)c1)Nc1ccc(F)cc1. The monoisotopic (exact) mass is 499 g/mol. The molecule has 1 aliphatic heterocycles. The van der Waals surface area contributed by atoms with Crippen LogP contribution in [-0.2, 0) is 4.79 Å². The minimum atomic E-state index is -0.533. The number of carbonyl (C=O) groups is 1. The van der Waals surface area contributed by atoms with Crippen molar-refractivity contribution >= 4 is 35.0 Å². The number of hydrogen-bond donors (Lipinski definition) is 1. The van der Waals surface area contributed by atoms with Crippen molar-refractivity contribution in [3.05, 3.63) is 83.5 Å².